The standard InChI is InChI=1S/C42H66N4O6S/c1-10-14-39(49)52-26-46(42(51)34(29(7)11-2)24-38(48)36-15-12-13-20-45(36)9)37(28(5)6)22-30(8)41-44-35(25-53-41)40(50)43-32(21-27(3)4)23-31-16-18-33(47)19-17-31/h16-19,25,27-30,32,34,36-37,47H,10-15,20-24,26H2,1-9H3,(H,43,50)/t29?,30-,32-,34+,36-,37-/m1/s1. The number of phenols is 1. The molecule has 1 unspecified atom stereocenters. The number of ketones is 1. The van der Waals surface area contributed by atoms with E-state index < -0.39 is 5.92 Å². The first-order valence-corrected chi connectivity index (χ1v) is 20.8. The topological polar surface area (TPSA) is 129 Å². The number of piperidine rings is 1. The quantitative estimate of drug-likeness (QED) is 0.0970. The number of ether oxygens (including phenoxy) is 1. The number of amides is 2. The number of nitrogens with one attached hydrogen (secondary N) is 1. The van der Waals surface area contributed by atoms with Crippen molar-refractivity contribution in [3.63, 3.8) is 0 Å². The first-order valence-electron chi connectivity index (χ1n) is 19.9. The van der Waals surface area contributed by atoms with Crippen LogP contribution in [0.3, 0.4) is 0 Å². The van der Waals surface area contributed by atoms with E-state index in [0.717, 1.165) is 49.2 Å². The molecular weight excluding hydrogens is 689 g/mol. The molecule has 1 aliphatic rings. The van der Waals surface area contributed by atoms with E-state index in [1.54, 1.807) is 22.4 Å². The fraction of sp³-hybridized carbons (Fsp3) is 0.690. The smallest absolute Gasteiger partial charge is 0.307 e. The summed E-state index contributed by atoms with van der Waals surface area (Å²) in [4.78, 5) is 63.2. The van der Waals surface area contributed by atoms with Gasteiger partial charge in [-0.15, -0.1) is 11.3 Å². The van der Waals surface area contributed by atoms with Crippen molar-refractivity contribution in [1.82, 2.24) is 20.1 Å². The molecule has 2 aromatic rings. The average Bonchev–Trinajstić information content (AvgIpc) is 3.61. The summed E-state index contributed by atoms with van der Waals surface area (Å²) >= 11 is 1.43. The molecule has 2 heterocycles. The van der Waals surface area contributed by atoms with Gasteiger partial charge in [0.2, 0.25) is 5.91 Å². The van der Waals surface area contributed by atoms with Gasteiger partial charge in [-0.25, -0.2) is 4.98 Å². The number of nitrogens with zero attached hydrogens (tertiary/aromatic N) is 3. The zero-order valence-electron chi connectivity index (χ0n) is 33.7. The Labute approximate surface area is 322 Å². The highest BCUT2D eigenvalue weighted by Gasteiger charge is 2.38. The Kier molecular flexibility index (Phi) is 17.9. The molecule has 296 valence electrons. The van der Waals surface area contributed by atoms with Crippen molar-refractivity contribution in [1.29, 1.82) is 0 Å². The number of carbonyl (C=O) groups is 4. The summed E-state index contributed by atoms with van der Waals surface area (Å²) in [6, 6.07) is 6.49. The molecule has 0 bridgehead atoms. The van der Waals surface area contributed by atoms with Gasteiger partial charge < -0.3 is 20.1 Å². The zero-order chi connectivity index (χ0) is 39.2. The number of benzene rings is 1. The Bertz CT molecular complexity index is 1460. The second-order valence-electron chi connectivity index (χ2n) is 16.0. The van der Waals surface area contributed by atoms with Crippen LogP contribution in [0, 0.1) is 23.7 Å². The van der Waals surface area contributed by atoms with Gasteiger partial charge in [-0.05, 0) is 87.6 Å². The third-order valence-electron chi connectivity index (χ3n) is 10.8. The number of hydrogen-bond acceptors (Lipinski definition) is 9. The number of aromatic hydroxyl groups is 1. The Hall–Kier alpha value is -3.31. The molecule has 3 rings (SSSR count). The van der Waals surface area contributed by atoms with Crippen LogP contribution in [0.1, 0.15) is 140 Å². The third-order valence-corrected chi connectivity index (χ3v) is 11.8. The molecule has 0 radical (unpaired) electrons. The highest BCUT2D eigenvalue weighted by molar-refractivity contribution is 7.09. The predicted molar refractivity (Wildman–Crippen MR) is 212 cm³/mol. The summed E-state index contributed by atoms with van der Waals surface area (Å²) in [6.07, 6.45) is 6.70. The molecule has 2 amide bonds. The maximum Gasteiger partial charge on any atom is 0.307 e. The van der Waals surface area contributed by atoms with Crippen molar-refractivity contribution in [2.45, 2.75) is 144 Å². The summed E-state index contributed by atoms with van der Waals surface area (Å²) in [5.74, 6) is -0.683. The Balaban J connectivity index is 1.83. The van der Waals surface area contributed by atoms with Gasteiger partial charge in [-0.2, -0.15) is 0 Å². The lowest BCUT2D eigenvalue weighted by atomic mass is 9.82. The van der Waals surface area contributed by atoms with Gasteiger partial charge >= 0.3 is 5.97 Å². The fourth-order valence-electron chi connectivity index (χ4n) is 7.38. The Morgan fingerprint density at radius 3 is 2.34 bits per heavy atom. The van der Waals surface area contributed by atoms with Crippen LogP contribution in [0.5, 0.6) is 5.75 Å². The summed E-state index contributed by atoms with van der Waals surface area (Å²) in [6.45, 7) is 17.1. The number of rotatable bonds is 21. The highest BCUT2D eigenvalue weighted by Crippen LogP contribution is 2.32. The minimum absolute atomic E-state index is 0.0171. The number of likely N-dealkylation sites (N-methyl/N-ethyl adjacent to an activating group) is 1. The van der Waals surface area contributed by atoms with Crippen molar-refractivity contribution >= 4 is 34.9 Å². The zero-order valence-corrected chi connectivity index (χ0v) is 34.5. The van der Waals surface area contributed by atoms with Gasteiger partial charge in [-0.3, -0.25) is 24.1 Å². The molecular formula is C42H66N4O6S. The summed E-state index contributed by atoms with van der Waals surface area (Å²) < 4.78 is 5.73. The summed E-state index contributed by atoms with van der Waals surface area (Å²) in [5.41, 5.74) is 1.39. The molecule has 0 saturated carbocycles. The predicted octanol–water partition coefficient (Wildman–Crippen LogP) is 7.99. The van der Waals surface area contributed by atoms with Crippen molar-refractivity contribution < 1.29 is 29.0 Å². The third kappa shape index (κ3) is 13.5. The molecule has 1 aromatic heterocycles. The molecule has 1 aromatic carbocycles. The monoisotopic (exact) mass is 754 g/mol. The molecule has 1 aliphatic heterocycles. The van der Waals surface area contributed by atoms with E-state index in [2.05, 4.69) is 44.8 Å². The number of thiazole rings is 1. The van der Waals surface area contributed by atoms with Crippen LogP contribution in [-0.4, -0.2) is 81.9 Å². The van der Waals surface area contributed by atoms with Crippen LogP contribution in [-0.2, 0) is 25.5 Å². The number of carbonyl (C=O) groups excluding carboxylic acids is 4. The minimum atomic E-state index is -0.528. The van der Waals surface area contributed by atoms with Crippen LogP contribution in [0.15, 0.2) is 29.6 Å². The fourth-order valence-corrected chi connectivity index (χ4v) is 8.26. The molecule has 11 heteroatoms. The molecule has 0 spiro atoms. The lowest BCUT2D eigenvalue weighted by Crippen LogP contribution is -2.50. The van der Waals surface area contributed by atoms with Crippen molar-refractivity contribution in [2.75, 3.05) is 20.3 Å². The van der Waals surface area contributed by atoms with E-state index in [4.69, 9.17) is 9.72 Å². The molecule has 1 saturated heterocycles. The summed E-state index contributed by atoms with van der Waals surface area (Å²) in [7, 11) is 1.99. The second kappa shape index (κ2) is 21.5. The maximum absolute atomic E-state index is 14.7. The second-order valence-corrected chi connectivity index (χ2v) is 16.9. The number of likely N-dealkylation sites (tertiary alicyclic amines) is 1. The van der Waals surface area contributed by atoms with E-state index in [1.165, 1.54) is 11.3 Å². The molecule has 53 heavy (non-hydrogen) atoms. The van der Waals surface area contributed by atoms with Crippen molar-refractivity contribution in [3.8, 4) is 5.75 Å². The molecule has 0 aliphatic carbocycles. The minimum Gasteiger partial charge on any atom is -0.508 e. The lowest BCUT2D eigenvalue weighted by molar-refractivity contribution is -0.160. The summed E-state index contributed by atoms with van der Waals surface area (Å²) in [5, 5.41) is 15.5. The van der Waals surface area contributed by atoms with E-state index in [-0.39, 0.29) is 84.8 Å². The molecule has 10 nitrogen and oxygen atoms in total. The lowest BCUT2D eigenvalue weighted by Gasteiger charge is -2.39. The van der Waals surface area contributed by atoms with E-state index in [0.29, 0.717) is 30.9 Å². The van der Waals surface area contributed by atoms with E-state index in [1.807, 2.05) is 40.0 Å². The number of esters is 1. The SMILES string of the molecule is CCCC(=O)OCN(C(=O)[C@@H](CC(=O)[C@H]1CCCCN1C)C(C)CC)[C@H](C[C@@H](C)c1nc(C(=O)N[C@@H](Cc2ccc(O)cc2)CC(C)C)cs1)C(C)C. The number of hydrogen-bond donors (Lipinski definition) is 2. The maximum atomic E-state index is 14.7. The largest absolute Gasteiger partial charge is 0.508 e. The van der Waals surface area contributed by atoms with E-state index >= 15 is 0 Å². The van der Waals surface area contributed by atoms with E-state index in [9.17, 15) is 24.3 Å². The van der Waals surface area contributed by atoms with Gasteiger partial charge in [0.1, 0.15) is 11.4 Å². The molecule has 2 N–H and O–H groups in total. The van der Waals surface area contributed by atoms with Crippen molar-refractivity contribution in [2.24, 2.45) is 23.7 Å². The highest BCUT2D eigenvalue weighted by atomic mass is 32.1. The van der Waals surface area contributed by atoms with Crippen LogP contribution in [0.2, 0.25) is 0 Å². The van der Waals surface area contributed by atoms with Gasteiger partial charge in [0.25, 0.3) is 5.91 Å². The normalized spacial score (nSPS) is 17.9. The van der Waals surface area contributed by atoms with Gasteiger partial charge in [-0.1, -0.05) is 80.4 Å². The van der Waals surface area contributed by atoms with Gasteiger partial charge in [0, 0.05) is 42.1 Å². The number of Topliss-reactive ketones (excluding diaryl/α,β-unsaturated/α-hetero) is 1. The Morgan fingerprint density at radius 2 is 1.74 bits per heavy atom. The average molecular weight is 755 g/mol. The number of aromatic nitrogens is 1. The van der Waals surface area contributed by atoms with Crippen LogP contribution in [0.4, 0.5) is 0 Å². The van der Waals surface area contributed by atoms with Crippen LogP contribution < -0.4 is 5.32 Å². The van der Waals surface area contributed by atoms with Crippen LogP contribution in [0.25, 0.3) is 0 Å². The van der Waals surface area contributed by atoms with Gasteiger partial charge in [0.15, 0.2) is 12.5 Å². The first kappa shape index (κ1) is 44.1. The Morgan fingerprint density at radius 1 is 1.04 bits per heavy atom. The first-order chi connectivity index (χ1) is 25.1. The van der Waals surface area contributed by atoms with Crippen molar-refractivity contribution in [3.05, 3.63) is 45.9 Å². The molecule has 1 fully saturated rings. The molecule has 6 atom stereocenters. The number of phenolic OH excluding ortho intramolecular Hbond substituents is 1. The van der Waals surface area contributed by atoms with Crippen LogP contribution >= 0.6 is 11.3 Å². The van der Waals surface area contributed by atoms with Gasteiger partial charge in [0.05, 0.1) is 11.0 Å².